The first kappa shape index (κ1) is 24.3. The van der Waals surface area contributed by atoms with Crippen molar-refractivity contribution in [2.45, 2.75) is 25.9 Å². The third-order valence-corrected chi connectivity index (χ3v) is 7.10. The molecule has 5 nitrogen and oxygen atoms in total. The fraction of sp³-hybridized carbons (Fsp3) is 0.357. The topological polar surface area (TPSA) is 52.7 Å². The van der Waals surface area contributed by atoms with Crippen molar-refractivity contribution < 1.29 is 9.59 Å². The normalized spacial score (nSPS) is 15.3. The van der Waals surface area contributed by atoms with Crippen LogP contribution in [0.5, 0.6) is 0 Å². The lowest BCUT2D eigenvalue weighted by atomic mass is 10.0. The monoisotopic (exact) mass is 475 g/mol. The Morgan fingerprint density at radius 3 is 2.47 bits per heavy atom. The van der Waals surface area contributed by atoms with E-state index in [0.717, 1.165) is 31.0 Å². The molecule has 3 aromatic rings. The van der Waals surface area contributed by atoms with Crippen LogP contribution in [0.25, 0.3) is 10.8 Å². The Labute approximate surface area is 206 Å². The first-order valence-corrected chi connectivity index (χ1v) is 13.3. The third kappa shape index (κ3) is 5.99. The van der Waals surface area contributed by atoms with Crippen LogP contribution < -0.4 is 5.32 Å². The number of nitrogens with one attached hydrogen (secondary N) is 1. The van der Waals surface area contributed by atoms with Gasteiger partial charge in [-0.1, -0.05) is 60.2 Å². The SMILES string of the molecule is CSCCC(NC(=O)c1cccc(C)c1)C(=O)N1CCN(Cc2cccc3ccccc23)CC1. The Kier molecular flexibility index (Phi) is 8.25. The molecule has 1 heterocycles. The average molecular weight is 476 g/mol. The van der Waals surface area contributed by atoms with Gasteiger partial charge in [-0.05, 0) is 53.8 Å². The lowest BCUT2D eigenvalue weighted by Gasteiger charge is -2.36. The third-order valence-electron chi connectivity index (χ3n) is 6.45. The van der Waals surface area contributed by atoms with E-state index in [1.807, 2.05) is 36.3 Å². The van der Waals surface area contributed by atoms with Crippen LogP contribution in [0.4, 0.5) is 0 Å². The molecule has 4 rings (SSSR count). The summed E-state index contributed by atoms with van der Waals surface area (Å²) in [5.41, 5.74) is 2.95. The van der Waals surface area contributed by atoms with Crippen molar-refractivity contribution >= 4 is 34.3 Å². The van der Waals surface area contributed by atoms with E-state index in [-0.39, 0.29) is 11.8 Å². The van der Waals surface area contributed by atoms with Crippen LogP contribution in [0.15, 0.2) is 66.7 Å². The molecule has 3 aromatic carbocycles. The van der Waals surface area contributed by atoms with Gasteiger partial charge in [-0.25, -0.2) is 0 Å². The first-order chi connectivity index (χ1) is 16.5. The zero-order chi connectivity index (χ0) is 23.9. The highest BCUT2D eigenvalue weighted by Crippen LogP contribution is 2.21. The highest BCUT2D eigenvalue weighted by molar-refractivity contribution is 7.98. The Morgan fingerprint density at radius 2 is 1.71 bits per heavy atom. The fourth-order valence-corrected chi connectivity index (χ4v) is 5.01. The van der Waals surface area contributed by atoms with E-state index >= 15 is 0 Å². The van der Waals surface area contributed by atoms with Gasteiger partial charge in [0.15, 0.2) is 0 Å². The van der Waals surface area contributed by atoms with Crippen molar-refractivity contribution in [3.05, 3.63) is 83.4 Å². The van der Waals surface area contributed by atoms with Crippen molar-refractivity contribution in [1.82, 2.24) is 15.1 Å². The number of thioether (sulfide) groups is 1. The molecule has 178 valence electrons. The quantitative estimate of drug-likeness (QED) is 0.527. The number of carbonyl (C=O) groups excluding carboxylic acids is 2. The Bertz CT molecular complexity index is 1140. The molecule has 1 unspecified atom stereocenters. The zero-order valence-corrected chi connectivity index (χ0v) is 20.8. The number of hydrogen-bond acceptors (Lipinski definition) is 4. The van der Waals surface area contributed by atoms with Crippen LogP contribution in [-0.2, 0) is 11.3 Å². The van der Waals surface area contributed by atoms with Gasteiger partial charge in [0, 0.05) is 38.3 Å². The number of rotatable bonds is 8. The molecule has 0 aromatic heterocycles. The number of hydrogen-bond donors (Lipinski definition) is 1. The maximum atomic E-state index is 13.4. The summed E-state index contributed by atoms with van der Waals surface area (Å²) in [6.07, 6.45) is 2.66. The molecule has 0 bridgehead atoms. The van der Waals surface area contributed by atoms with Gasteiger partial charge in [-0.2, -0.15) is 11.8 Å². The minimum atomic E-state index is -0.495. The van der Waals surface area contributed by atoms with Crippen LogP contribution in [0, 0.1) is 6.92 Å². The molecule has 0 aliphatic carbocycles. The predicted octanol–water partition coefficient (Wildman–Crippen LogP) is 4.34. The fourth-order valence-electron chi connectivity index (χ4n) is 4.54. The summed E-state index contributed by atoms with van der Waals surface area (Å²) in [5, 5.41) is 5.56. The van der Waals surface area contributed by atoms with Gasteiger partial charge in [0.05, 0.1) is 0 Å². The Balaban J connectivity index is 1.37. The predicted molar refractivity (Wildman–Crippen MR) is 141 cm³/mol. The molecule has 0 spiro atoms. The molecule has 2 amide bonds. The summed E-state index contributed by atoms with van der Waals surface area (Å²) in [6.45, 7) is 5.86. The molecule has 6 heteroatoms. The smallest absolute Gasteiger partial charge is 0.251 e. The number of piperazine rings is 1. The lowest BCUT2D eigenvalue weighted by Crippen LogP contribution is -2.55. The minimum absolute atomic E-state index is 0.0277. The molecule has 34 heavy (non-hydrogen) atoms. The number of carbonyl (C=O) groups is 2. The summed E-state index contributed by atoms with van der Waals surface area (Å²) in [5.74, 6) is 0.670. The largest absolute Gasteiger partial charge is 0.340 e. The van der Waals surface area contributed by atoms with E-state index in [4.69, 9.17) is 0 Å². The van der Waals surface area contributed by atoms with Gasteiger partial charge in [0.2, 0.25) is 5.91 Å². The van der Waals surface area contributed by atoms with Crippen LogP contribution >= 0.6 is 11.8 Å². The van der Waals surface area contributed by atoms with E-state index < -0.39 is 6.04 Å². The summed E-state index contributed by atoms with van der Waals surface area (Å²) in [7, 11) is 0. The molecule has 1 atom stereocenters. The summed E-state index contributed by atoms with van der Waals surface area (Å²) < 4.78 is 0. The van der Waals surface area contributed by atoms with Crippen molar-refractivity contribution in [3.63, 3.8) is 0 Å². The van der Waals surface area contributed by atoms with Crippen LogP contribution in [0.3, 0.4) is 0 Å². The van der Waals surface area contributed by atoms with E-state index in [0.29, 0.717) is 25.1 Å². The van der Waals surface area contributed by atoms with E-state index in [9.17, 15) is 9.59 Å². The van der Waals surface area contributed by atoms with Crippen molar-refractivity contribution in [2.75, 3.05) is 38.2 Å². The Morgan fingerprint density at radius 1 is 0.971 bits per heavy atom. The van der Waals surface area contributed by atoms with Gasteiger partial charge >= 0.3 is 0 Å². The molecule has 1 fully saturated rings. The first-order valence-electron chi connectivity index (χ1n) is 11.9. The molecule has 1 aliphatic rings. The highest BCUT2D eigenvalue weighted by Gasteiger charge is 2.28. The minimum Gasteiger partial charge on any atom is -0.340 e. The highest BCUT2D eigenvalue weighted by atomic mass is 32.2. The number of fused-ring (bicyclic) bond motifs is 1. The average Bonchev–Trinajstić information content (AvgIpc) is 2.86. The van der Waals surface area contributed by atoms with Gasteiger partial charge in [-0.15, -0.1) is 0 Å². The summed E-state index contributed by atoms with van der Waals surface area (Å²) in [6, 6.07) is 21.9. The van der Waals surface area contributed by atoms with Crippen LogP contribution in [-0.4, -0.2) is 65.8 Å². The van der Waals surface area contributed by atoms with Crippen LogP contribution in [0.1, 0.15) is 27.9 Å². The number of benzene rings is 3. The maximum Gasteiger partial charge on any atom is 0.251 e. The molecule has 1 N–H and O–H groups in total. The number of aryl methyl sites for hydroxylation is 1. The lowest BCUT2D eigenvalue weighted by molar-refractivity contribution is -0.135. The molecule has 1 aliphatic heterocycles. The second-order valence-corrected chi connectivity index (χ2v) is 9.90. The maximum absolute atomic E-state index is 13.4. The van der Waals surface area contributed by atoms with Crippen molar-refractivity contribution in [1.29, 1.82) is 0 Å². The second-order valence-electron chi connectivity index (χ2n) is 8.92. The number of nitrogens with zero attached hydrogens (tertiary/aromatic N) is 2. The van der Waals surface area contributed by atoms with Gasteiger partial charge < -0.3 is 10.2 Å². The Hall–Kier alpha value is -2.83. The van der Waals surface area contributed by atoms with E-state index in [1.165, 1.54) is 16.3 Å². The molecule has 0 radical (unpaired) electrons. The molecular formula is C28H33N3O2S. The zero-order valence-electron chi connectivity index (χ0n) is 20.0. The van der Waals surface area contributed by atoms with E-state index in [1.54, 1.807) is 17.8 Å². The van der Waals surface area contributed by atoms with Crippen molar-refractivity contribution in [3.8, 4) is 0 Å². The molecule has 1 saturated heterocycles. The molecular weight excluding hydrogens is 442 g/mol. The van der Waals surface area contributed by atoms with Gasteiger partial charge in [0.25, 0.3) is 5.91 Å². The van der Waals surface area contributed by atoms with Crippen LogP contribution in [0.2, 0.25) is 0 Å². The second kappa shape index (κ2) is 11.5. The number of amides is 2. The summed E-state index contributed by atoms with van der Waals surface area (Å²) >= 11 is 1.69. The van der Waals surface area contributed by atoms with E-state index in [2.05, 4.69) is 52.7 Å². The summed E-state index contributed by atoms with van der Waals surface area (Å²) in [4.78, 5) is 30.5. The van der Waals surface area contributed by atoms with Gasteiger partial charge in [-0.3, -0.25) is 14.5 Å². The van der Waals surface area contributed by atoms with Crippen molar-refractivity contribution in [2.24, 2.45) is 0 Å². The molecule has 0 saturated carbocycles. The standard InChI is InChI=1S/C28H33N3O2S/c1-21-7-5-10-23(19-21)27(32)29-26(13-18-34-2)28(33)31-16-14-30(15-17-31)20-24-11-6-9-22-8-3-4-12-25(22)24/h3-12,19,26H,13-18,20H2,1-2H3,(H,29,32). The van der Waals surface area contributed by atoms with Gasteiger partial charge in [0.1, 0.15) is 6.04 Å².